The van der Waals surface area contributed by atoms with Crippen molar-refractivity contribution in [3.8, 4) is 0 Å². The number of nitrogens with zero attached hydrogens (tertiary/aromatic N) is 2. The maximum absolute atomic E-state index is 4.54. The summed E-state index contributed by atoms with van der Waals surface area (Å²) in [7, 11) is 1.58. The van der Waals surface area contributed by atoms with Crippen LogP contribution in [0.15, 0.2) is 12.4 Å². The lowest BCUT2D eigenvalue weighted by atomic mass is 10.2. The molecule has 0 saturated heterocycles. The highest BCUT2D eigenvalue weighted by Gasteiger charge is 2.30. The summed E-state index contributed by atoms with van der Waals surface area (Å²) < 4.78 is 2.20. The molecule has 0 aliphatic heterocycles. The largest absolute Gasteiger partial charge is 0.342 e. The minimum absolute atomic E-state index is 0.402. The highest BCUT2D eigenvalue weighted by atomic mass is 28.3. The highest BCUT2D eigenvalue weighted by Crippen LogP contribution is 2.29. The molecular formula is C12H23N2Si. The fraction of sp³-hybridized carbons (Fsp3) is 0.750. The molecule has 1 heterocycles. The number of hydrogen-bond donors (Lipinski definition) is 0. The molecule has 15 heavy (non-hydrogen) atoms. The number of aromatic nitrogens is 2. The van der Waals surface area contributed by atoms with Crippen LogP contribution < -0.4 is 5.45 Å². The van der Waals surface area contributed by atoms with Gasteiger partial charge in [0.25, 0.3) is 0 Å². The third kappa shape index (κ3) is 3.19. The Kier molecular flexibility index (Phi) is 4.14. The summed E-state index contributed by atoms with van der Waals surface area (Å²) in [6.45, 7) is 9.32. The Hall–Kier alpha value is -0.573. The molecule has 0 spiro atoms. The average molecular weight is 223 g/mol. The molecule has 0 unspecified atom stereocenters. The van der Waals surface area contributed by atoms with Gasteiger partial charge in [-0.1, -0.05) is 46.6 Å². The summed E-state index contributed by atoms with van der Waals surface area (Å²) >= 11 is 0. The maximum atomic E-state index is 4.54. The van der Waals surface area contributed by atoms with Crippen molar-refractivity contribution in [3.63, 3.8) is 0 Å². The normalized spacial score (nSPS) is 12.4. The monoisotopic (exact) mass is 223 g/mol. The number of aryl methyl sites for hydroxylation is 1. The van der Waals surface area contributed by atoms with Crippen molar-refractivity contribution in [2.45, 2.75) is 51.6 Å². The van der Waals surface area contributed by atoms with Gasteiger partial charge in [-0.3, -0.25) is 0 Å². The van der Waals surface area contributed by atoms with Gasteiger partial charge in [0.15, 0.2) is 0 Å². The van der Waals surface area contributed by atoms with E-state index < -0.39 is 8.80 Å². The smallest absolute Gasteiger partial charge is 0.139 e. The Labute approximate surface area is 95.3 Å². The van der Waals surface area contributed by atoms with Crippen LogP contribution in [0.2, 0.25) is 11.1 Å². The predicted molar refractivity (Wildman–Crippen MR) is 68.0 cm³/mol. The van der Waals surface area contributed by atoms with Crippen molar-refractivity contribution in [2.24, 2.45) is 7.05 Å². The zero-order valence-electron chi connectivity index (χ0n) is 10.7. The molecule has 0 fully saturated rings. The van der Waals surface area contributed by atoms with Crippen LogP contribution >= 0.6 is 0 Å². The second-order valence-electron chi connectivity index (χ2n) is 5.19. The van der Waals surface area contributed by atoms with E-state index in [1.807, 2.05) is 6.20 Å². The number of unbranched alkanes of at least 4 members (excludes halogenated alkanes) is 1. The van der Waals surface area contributed by atoms with Gasteiger partial charge in [-0.25, -0.2) is 4.98 Å². The molecular weight excluding hydrogens is 200 g/mol. The number of imidazole rings is 1. The van der Waals surface area contributed by atoms with Gasteiger partial charge in [0.2, 0.25) is 0 Å². The van der Waals surface area contributed by atoms with Crippen LogP contribution in [0.5, 0.6) is 0 Å². The van der Waals surface area contributed by atoms with Gasteiger partial charge in [-0.2, -0.15) is 0 Å². The summed E-state index contributed by atoms with van der Waals surface area (Å²) in [6.07, 6.45) is 6.61. The van der Waals surface area contributed by atoms with Gasteiger partial charge in [0.1, 0.15) is 8.80 Å². The van der Waals surface area contributed by atoms with E-state index in [1.54, 1.807) is 0 Å². The lowest BCUT2D eigenvalue weighted by molar-refractivity contribution is 0.720. The van der Waals surface area contributed by atoms with E-state index in [2.05, 4.69) is 50.5 Å². The van der Waals surface area contributed by atoms with Gasteiger partial charge in [0.05, 0.1) is 5.45 Å². The fourth-order valence-electron chi connectivity index (χ4n) is 1.83. The maximum Gasteiger partial charge on any atom is 0.139 e. The molecule has 0 N–H and O–H groups in total. The van der Waals surface area contributed by atoms with E-state index in [0.717, 1.165) is 0 Å². The first-order valence-corrected chi connectivity index (χ1v) is 7.51. The molecule has 0 amide bonds. The summed E-state index contributed by atoms with van der Waals surface area (Å²) in [5.74, 6) is 0. The molecule has 1 radical (unpaired) electrons. The van der Waals surface area contributed by atoms with Crippen molar-refractivity contribution in [2.75, 3.05) is 0 Å². The molecule has 0 bridgehead atoms. The first-order chi connectivity index (χ1) is 6.96. The number of rotatable bonds is 4. The molecule has 0 aliphatic carbocycles. The third-order valence-corrected chi connectivity index (χ3v) is 6.46. The fourth-order valence-corrected chi connectivity index (χ4v) is 4.91. The van der Waals surface area contributed by atoms with E-state index in [9.17, 15) is 0 Å². The quantitative estimate of drug-likeness (QED) is 0.718. The van der Waals surface area contributed by atoms with Crippen LogP contribution in [-0.4, -0.2) is 18.3 Å². The molecule has 85 valence electrons. The summed E-state index contributed by atoms with van der Waals surface area (Å²) in [4.78, 5) is 4.54. The van der Waals surface area contributed by atoms with Gasteiger partial charge in [-0.15, -0.1) is 0 Å². The van der Waals surface area contributed by atoms with Crippen LogP contribution in [0.3, 0.4) is 0 Å². The Bertz CT molecular complexity index is 299. The Morgan fingerprint density at radius 1 is 1.40 bits per heavy atom. The van der Waals surface area contributed by atoms with Gasteiger partial charge in [-0.05, 0) is 5.04 Å². The average Bonchev–Trinajstić information content (AvgIpc) is 2.51. The SMILES string of the molecule is CCCC[Si](c1nccn1C)C(C)(C)C. The van der Waals surface area contributed by atoms with E-state index in [4.69, 9.17) is 0 Å². The molecule has 0 atom stereocenters. The van der Waals surface area contributed by atoms with Crippen molar-refractivity contribution in [1.29, 1.82) is 0 Å². The lowest BCUT2D eigenvalue weighted by Crippen LogP contribution is -2.43. The first kappa shape index (κ1) is 12.5. The highest BCUT2D eigenvalue weighted by molar-refractivity contribution is 6.74. The molecule has 2 nitrogen and oxygen atoms in total. The molecule has 0 saturated carbocycles. The Balaban J connectivity index is 2.87. The van der Waals surface area contributed by atoms with Crippen LogP contribution in [0.25, 0.3) is 0 Å². The molecule has 3 heteroatoms. The first-order valence-electron chi connectivity index (χ1n) is 5.80. The van der Waals surface area contributed by atoms with E-state index in [-0.39, 0.29) is 0 Å². The minimum Gasteiger partial charge on any atom is -0.342 e. The number of hydrogen-bond acceptors (Lipinski definition) is 1. The Morgan fingerprint density at radius 3 is 2.47 bits per heavy atom. The van der Waals surface area contributed by atoms with E-state index in [1.165, 1.54) is 24.3 Å². The summed E-state index contributed by atoms with van der Waals surface area (Å²) in [5.41, 5.74) is 1.33. The van der Waals surface area contributed by atoms with Crippen LogP contribution in [0.4, 0.5) is 0 Å². The zero-order chi connectivity index (χ0) is 11.5. The van der Waals surface area contributed by atoms with Gasteiger partial charge in [0, 0.05) is 19.4 Å². The Morgan fingerprint density at radius 2 is 2.07 bits per heavy atom. The second kappa shape index (κ2) is 4.97. The van der Waals surface area contributed by atoms with Gasteiger partial charge < -0.3 is 4.57 Å². The van der Waals surface area contributed by atoms with Crippen molar-refractivity contribution in [3.05, 3.63) is 12.4 Å². The molecule has 0 aromatic carbocycles. The predicted octanol–water partition coefficient (Wildman–Crippen LogP) is 2.72. The molecule has 1 aromatic heterocycles. The lowest BCUT2D eigenvalue weighted by Gasteiger charge is -2.28. The molecule has 1 aromatic rings. The van der Waals surface area contributed by atoms with Crippen molar-refractivity contribution >= 4 is 14.2 Å². The third-order valence-electron chi connectivity index (χ3n) is 2.78. The van der Waals surface area contributed by atoms with Crippen LogP contribution in [0, 0.1) is 0 Å². The van der Waals surface area contributed by atoms with Crippen molar-refractivity contribution in [1.82, 2.24) is 9.55 Å². The van der Waals surface area contributed by atoms with Gasteiger partial charge >= 0.3 is 0 Å². The summed E-state index contributed by atoms with van der Waals surface area (Å²) in [6, 6.07) is 1.34. The molecule has 0 aliphatic rings. The molecule has 1 rings (SSSR count). The van der Waals surface area contributed by atoms with E-state index in [0.29, 0.717) is 5.04 Å². The topological polar surface area (TPSA) is 17.8 Å². The van der Waals surface area contributed by atoms with Crippen molar-refractivity contribution < 1.29 is 0 Å². The second-order valence-corrected chi connectivity index (χ2v) is 8.60. The minimum atomic E-state index is -0.536. The van der Waals surface area contributed by atoms with Crippen LogP contribution in [0.1, 0.15) is 40.5 Å². The van der Waals surface area contributed by atoms with Crippen LogP contribution in [-0.2, 0) is 7.05 Å². The van der Waals surface area contributed by atoms with E-state index >= 15 is 0 Å². The zero-order valence-corrected chi connectivity index (χ0v) is 11.7. The summed E-state index contributed by atoms with van der Waals surface area (Å²) in [5, 5.41) is 0.402. The standard InChI is InChI=1S/C12H23N2Si/c1-6-7-10-15(12(2,3)4)11-13-8-9-14(11)5/h8-9H,6-7,10H2,1-5H3.